The number of nitrogens with zero attached hydrogens (tertiary/aromatic N) is 3. The van der Waals surface area contributed by atoms with Crippen LogP contribution in [0.15, 0.2) is 35.1 Å². The summed E-state index contributed by atoms with van der Waals surface area (Å²) in [4.78, 5) is 0. The monoisotopic (exact) mass is 311 g/mol. The third-order valence-electron chi connectivity index (χ3n) is 2.81. The van der Waals surface area contributed by atoms with Gasteiger partial charge in [0, 0.05) is 6.26 Å². The average Bonchev–Trinajstić information content (AvgIpc) is 2.98. The molecule has 2 heterocycles. The maximum atomic E-state index is 11.5. The van der Waals surface area contributed by atoms with Gasteiger partial charge in [-0.1, -0.05) is 23.7 Å². The predicted octanol–water partition coefficient (Wildman–Crippen LogP) is 2.93. The Balaban J connectivity index is 2.04. The van der Waals surface area contributed by atoms with Crippen LogP contribution in [-0.4, -0.2) is 25.2 Å². The van der Waals surface area contributed by atoms with Crippen LogP contribution in [0.2, 0.25) is 5.02 Å². The lowest BCUT2D eigenvalue weighted by molar-refractivity contribution is 0.654. The molecule has 3 rings (SSSR count). The molecule has 0 radical (unpaired) electrons. The molecule has 0 unspecified atom stereocenters. The molecule has 0 N–H and O–H groups in total. The van der Waals surface area contributed by atoms with E-state index in [0.29, 0.717) is 11.7 Å². The minimum atomic E-state index is -1.14. The van der Waals surface area contributed by atoms with E-state index in [-0.39, 0.29) is 0 Å². The van der Waals surface area contributed by atoms with Crippen molar-refractivity contribution < 1.29 is 4.21 Å². The van der Waals surface area contributed by atoms with Crippen LogP contribution in [0.5, 0.6) is 0 Å². The normalized spacial score (nSPS) is 12.9. The van der Waals surface area contributed by atoms with Gasteiger partial charge in [0.25, 0.3) is 0 Å². The summed E-state index contributed by atoms with van der Waals surface area (Å²) in [6, 6.07) is 5.86. The topological polar surface area (TPSA) is 47.8 Å². The molecule has 4 nitrogen and oxygen atoms in total. The van der Waals surface area contributed by atoms with E-state index in [2.05, 4.69) is 15.6 Å². The van der Waals surface area contributed by atoms with E-state index in [1.807, 2.05) is 18.2 Å². The first-order valence-electron chi connectivity index (χ1n) is 5.52. The summed E-state index contributed by atoms with van der Waals surface area (Å²) in [5, 5.41) is 12.1. The van der Waals surface area contributed by atoms with Crippen LogP contribution >= 0.6 is 22.9 Å². The number of thiophene rings is 1. The first kappa shape index (κ1) is 12.8. The van der Waals surface area contributed by atoms with Gasteiger partial charge < -0.3 is 4.57 Å². The number of halogens is 1. The Morgan fingerprint density at radius 1 is 1.47 bits per heavy atom. The summed E-state index contributed by atoms with van der Waals surface area (Å²) in [6.07, 6.45) is 3.20. The summed E-state index contributed by atoms with van der Waals surface area (Å²) < 4.78 is 14.4. The number of aromatic nitrogens is 3. The Morgan fingerprint density at radius 2 is 2.32 bits per heavy atom. The quantitative estimate of drug-likeness (QED) is 0.747. The molecule has 98 valence electrons. The van der Waals surface area contributed by atoms with Crippen LogP contribution in [0.1, 0.15) is 5.56 Å². The van der Waals surface area contributed by atoms with Gasteiger partial charge in [-0.05, 0) is 22.4 Å². The zero-order chi connectivity index (χ0) is 13.4. The van der Waals surface area contributed by atoms with E-state index >= 15 is 0 Å². The Kier molecular flexibility index (Phi) is 3.38. The Morgan fingerprint density at radius 3 is 3.11 bits per heavy atom. The Labute approximate surface area is 121 Å². The molecule has 19 heavy (non-hydrogen) atoms. The number of rotatable bonds is 3. The van der Waals surface area contributed by atoms with Crippen LogP contribution < -0.4 is 0 Å². The van der Waals surface area contributed by atoms with Crippen molar-refractivity contribution in [2.75, 3.05) is 6.26 Å². The van der Waals surface area contributed by atoms with Crippen LogP contribution in [0, 0.1) is 0 Å². The molecule has 0 aliphatic carbocycles. The Hall–Kier alpha value is -1.24. The van der Waals surface area contributed by atoms with Crippen LogP contribution in [0.3, 0.4) is 0 Å². The van der Waals surface area contributed by atoms with Gasteiger partial charge >= 0.3 is 0 Å². The average molecular weight is 312 g/mol. The highest BCUT2D eigenvalue weighted by molar-refractivity contribution is 7.84. The lowest BCUT2D eigenvalue weighted by Gasteiger charge is -2.04. The molecule has 3 aromatic rings. The number of hydrogen-bond acceptors (Lipinski definition) is 4. The second-order valence-corrected chi connectivity index (χ2v) is 6.63. The maximum Gasteiger partial charge on any atom is 0.221 e. The fourth-order valence-electron chi connectivity index (χ4n) is 1.96. The van der Waals surface area contributed by atoms with Crippen molar-refractivity contribution in [2.24, 2.45) is 0 Å². The molecule has 0 aliphatic rings. The summed E-state index contributed by atoms with van der Waals surface area (Å²) >= 11 is 7.78. The first-order chi connectivity index (χ1) is 9.16. The molecule has 0 aliphatic heterocycles. The van der Waals surface area contributed by atoms with Gasteiger partial charge in [-0.2, -0.15) is 0 Å². The molecule has 7 heteroatoms. The highest BCUT2D eigenvalue weighted by Gasteiger charge is 2.12. The van der Waals surface area contributed by atoms with Crippen molar-refractivity contribution in [3.8, 4) is 0 Å². The second kappa shape index (κ2) is 5.03. The maximum absolute atomic E-state index is 11.5. The summed E-state index contributed by atoms with van der Waals surface area (Å²) in [5.41, 5.74) is 1.13. The third-order valence-corrected chi connectivity index (χ3v) is 5.15. The predicted molar refractivity (Wildman–Crippen MR) is 78.3 cm³/mol. The van der Waals surface area contributed by atoms with E-state index in [1.54, 1.807) is 28.5 Å². The summed E-state index contributed by atoms with van der Waals surface area (Å²) in [6.45, 7) is 0.599. The highest BCUT2D eigenvalue weighted by atomic mass is 35.5. The van der Waals surface area contributed by atoms with E-state index in [1.165, 1.54) is 0 Å². The molecule has 0 amide bonds. The molecular formula is C12H10ClN3OS2. The van der Waals surface area contributed by atoms with Gasteiger partial charge in [0.05, 0.1) is 27.1 Å². The van der Waals surface area contributed by atoms with Gasteiger partial charge in [-0.3, -0.25) is 4.21 Å². The standard InChI is InChI=1S/C12H10ClN3OS2/c1-19(17)12-15-14-7-16(12)5-8-6-18-11-9(8)3-2-4-10(11)13/h2-4,6-7H,5H2,1H3/t19-/m0/s1. The molecule has 0 fully saturated rings. The zero-order valence-corrected chi connectivity index (χ0v) is 12.4. The number of benzene rings is 1. The molecular weight excluding hydrogens is 302 g/mol. The molecule has 2 aromatic heterocycles. The lowest BCUT2D eigenvalue weighted by Crippen LogP contribution is -2.04. The SMILES string of the molecule is C[S@](=O)c1nncn1Cc1csc2c(Cl)cccc12. The third kappa shape index (κ3) is 2.31. The summed E-state index contributed by atoms with van der Waals surface area (Å²) in [5.74, 6) is 0. The van der Waals surface area contributed by atoms with Gasteiger partial charge in [0.1, 0.15) is 6.33 Å². The minimum absolute atomic E-state index is 0.487. The van der Waals surface area contributed by atoms with Crippen LogP contribution in [-0.2, 0) is 17.3 Å². The van der Waals surface area contributed by atoms with Gasteiger partial charge in [0.15, 0.2) is 0 Å². The first-order valence-corrected chi connectivity index (χ1v) is 8.34. The van der Waals surface area contributed by atoms with Gasteiger partial charge in [-0.15, -0.1) is 21.5 Å². The molecule has 0 saturated heterocycles. The Bertz CT molecular complexity index is 765. The van der Waals surface area contributed by atoms with Gasteiger partial charge in [0.2, 0.25) is 5.16 Å². The van der Waals surface area contributed by atoms with Crippen molar-refractivity contribution in [2.45, 2.75) is 11.7 Å². The van der Waals surface area contributed by atoms with E-state index in [9.17, 15) is 4.21 Å². The van der Waals surface area contributed by atoms with Gasteiger partial charge in [-0.25, -0.2) is 0 Å². The molecule has 1 aromatic carbocycles. The van der Waals surface area contributed by atoms with Crippen LogP contribution in [0.4, 0.5) is 0 Å². The van der Waals surface area contributed by atoms with E-state index in [0.717, 1.165) is 20.7 Å². The van der Waals surface area contributed by atoms with Crippen LogP contribution in [0.25, 0.3) is 10.1 Å². The van der Waals surface area contributed by atoms with Crippen molar-refractivity contribution in [3.63, 3.8) is 0 Å². The minimum Gasteiger partial charge on any atom is -0.302 e. The fraction of sp³-hybridized carbons (Fsp3) is 0.167. The van der Waals surface area contributed by atoms with Crippen molar-refractivity contribution in [1.82, 2.24) is 14.8 Å². The summed E-state index contributed by atoms with van der Waals surface area (Å²) in [7, 11) is -1.14. The molecule has 0 bridgehead atoms. The number of fused-ring (bicyclic) bond motifs is 1. The number of hydrogen-bond donors (Lipinski definition) is 0. The lowest BCUT2D eigenvalue weighted by atomic mass is 10.2. The molecule has 0 spiro atoms. The van der Waals surface area contributed by atoms with Crippen molar-refractivity contribution in [1.29, 1.82) is 0 Å². The van der Waals surface area contributed by atoms with Crippen molar-refractivity contribution in [3.05, 3.63) is 40.5 Å². The second-order valence-electron chi connectivity index (χ2n) is 4.07. The molecule has 1 atom stereocenters. The highest BCUT2D eigenvalue weighted by Crippen LogP contribution is 2.32. The van der Waals surface area contributed by atoms with E-state index in [4.69, 9.17) is 11.6 Å². The molecule has 0 saturated carbocycles. The zero-order valence-electron chi connectivity index (χ0n) is 10.0. The smallest absolute Gasteiger partial charge is 0.221 e. The fourth-order valence-corrected chi connectivity index (χ4v) is 3.84. The van der Waals surface area contributed by atoms with E-state index < -0.39 is 10.8 Å². The largest absolute Gasteiger partial charge is 0.302 e. The van der Waals surface area contributed by atoms with Crippen molar-refractivity contribution >= 4 is 43.8 Å².